The van der Waals surface area contributed by atoms with Crippen molar-refractivity contribution in [1.82, 2.24) is 0 Å². The first-order valence-corrected chi connectivity index (χ1v) is 4.99. The van der Waals surface area contributed by atoms with E-state index in [0.29, 0.717) is 12.1 Å². The van der Waals surface area contributed by atoms with E-state index < -0.39 is 38.0 Å². The molecule has 1 aromatic carbocycles. The molecule has 0 aliphatic rings. The molecule has 0 bridgehead atoms. The summed E-state index contributed by atoms with van der Waals surface area (Å²) in [5.41, 5.74) is 4.03. The summed E-state index contributed by atoms with van der Waals surface area (Å²) < 4.78 is 30.0. The van der Waals surface area contributed by atoms with Gasteiger partial charge in [0.25, 0.3) is 10.1 Å². The molecule has 0 spiro atoms. The van der Waals surface area contributed by atoms with Crippen molar-refractivity contribution in [2.24, 2.45) is 0 Å². The second-order valence-electron chi connectivity index (χ2n) is 2.67. The molecule has 82 valence electrons. The number of benzene rings is 1. The minimum Gasteiger partial charge on any atom is -0.872 e. The Bertz CT molecular complexity index is 526. The fraction of sp³-hybridized carbons (Fsp3) is 0. The van der Waals surface area contributed by atoms with Crippen LogP contribution in [0.5, 0.6) is 5.75 Å². The Morgan fingerprint density at radius 1 is 1.38 bits per heavy atom. The molecule has 0 saturated carbocycles. The van der Waals surface area contributed by atoms with Crippen molar-refractivity contribution in [3.05, 3.63) is 17.7 Å². The van der Waals surface area contributed by atoms with Crippen LogP contribution in [0.3, 0.4) is 0 Å². The fourth-order valence-corrected chi connectivity index (χ4v) is 1.58. The number of rotatable bonds is 2. The molecule has 4 N–H and O–H groups in total. The molecule has 7 nitrogen and oxygen atoms in total. The number of anilines is 1. The van der Waals surface area contributed by atoms with Crippen LogP contribution in [0, 0.1) is 0 Å². The largest absolute Gasteiger partial charge is 1.00 e. The molecule has 0 aliphatic heterocycles. The zero-order valence-corrected chi connectivity index (χ0v) is 8.98. The molecule has 0 aliphatic carbocycles. The molecule has 0 amide bonds. The van der Waals surface area contributed by atoms with Crippen LogP contribution in [0.25, 0.3) is 0 Å². The third kappa shape index (κ3) is 2.90. The van der Waals surface area contributed by atoms with Gasteiger partial charge in [-0.25, -0.2) is 4.79 Å². The van der Waals surface area contributed by atoms with Crippen molar-refractivity contribution in [2.75, 3.05) is 5.73 Å². The maximum atomic E-state index is 11.1. The molecule has 0 aromatic heterocycles. The van der Waals surface area contributed by atoms with Gasteiger partial charge in [-0.05, 0) is 12.1 Å². The van der Waals surface area contributed by atoms with Crippen LogP contribution in [0.4, 0.5) is 5.69 Å². The van der Waals surface area contributed by atoms with Crippen molar-refractivity contribution in [3.8, 4) is 5.75 Å². The van der Waals surface area contributed by atoms with Gasteiger partial charge < -0.3 is 15.9 Å². The summed E-state index contributed by atoms with van der Waals surface area (Å²) in [6.07, 6.45) is 0. The number of hydrogen-bond acceptors (Lipinski definition) is 5. The van der Waals surface area contributed by atoms with Gasteiger partial charge in [0.15, 0.2) is 0 Å². The van der Waals surface area contributed by atoms with E-state index in [-0.39, 0.29) is 18.9 Å². The smallest absolute Gasteiger partial charge is 0.872 e. The summed E-state index contributed by atoms with van der Waals surface area (Å²) >= 11 is 0. The minimum absolute atomic E-state index is 0. The fourth-order valence-electron chi connectivity index (χ4n) is 0.968. The third-order valence-electron chi connectivity index (χ3n) is 1.62. The Morgan fingerprint density at radius 3 is 2.25 bits per heavy atom. The molecule has 0 saturated heterocycles. The summed E-state index contributed by atoms with van der Waals surface area (Å²) in [7, 11) is -4.62. The Kier molecular flexibility index (Phi) is 4.40. The SMILES string of the molecule is Nc1cc(C(=O)O)c([O-])cc1S(=O)(=O)O.[Li+]. The number of hydrogen-bond donors (Lipinski definition) is 3. The van der Waals surface area contributed by atoms with Crippen molar-refractivity contribution >= 4 is 21.8 Å². The maximum absolute atomic E-state index is 11.1. The molecular weight excluding hydrogens is 233 g/mol. The molecule has 0 unspecified atom stereocenters. The maximum Gasteiger partial charge on any atom is 1.00 e. The molecule has 1 aromatic rings. The van der Waals surface area contributed by atoms with E-state index in [1.54, 1.807) is 0 Å². The van der Waals surface area contributed by atoms with E-state index in [9.17, 15) is 18.3 Å². The predicted molar refractivity (Wildman–Crippen MR) is 47.1 cm³/mol. The second-order valence-corrected chi connectivity index (χ2v) is 4.06. The number of nitrogens with two attached hydrogens (primary N) is 1. The molecule has 1 rings (SSSR count). The number of carboxylic acid groups (broad SMARTS) is 1. The van der Waals surface area contributed by atoms with E-state index in [1.807, 2.05) is 0 Å². The van der Waals surface area contributed by atoms with Crippen LogP contribution in [0.1, 0.15) is 10.4 Å². The quantitative estimate of drug-likeness (QED) is 0.274. The van der Waals surface area contributed by atoms with Crippen LogP contribution < -0.4 is 29.7 Å². The number of carboxylic acids is 1. The zero-order valence-electron chi connectivity index (χ0n) is 8.17. The Labute approximate surface area is 103 Å². The van der Waals surface area contributed by atoms with Crippen LogP contribution in [0.15, 0.2) is 17.0 Å². The molecular formula is C7H6LiNO6S. The Morgan fingerprint density at radius 2 is 1.88 bits per heavy atom. The molecule has 0 fully saturated rings. The van der Waals surface area contributed by atoms with Crippen molar-refractivity contribution in [2.45, 2.75) is 4.90 Å². The van der Waals surface area contributed by atoms with Gasteiger partial charge in [-0.15, -0.1) is 0 Å². The van der Waals surface area contributed by atoms with Gasteiger partial charge in [0.1, 0.15) is 4.90 Å². The Balaban J connectivity index is 0.00000225. The number of aromatic carboxylic acids is 1. The van der Waals surface area contributed by atoms with Crippen molar-refractivity contribution in [3.63, 3.8) is 0 Å². The first-order chi connectivity index (χ1) is 6.73. The summed E-state index contributed by atoms with van der Waals surface area (Å²) in [6.45, 7) is 0. The number of nitrogen functional groups attached to an aromatic ring is 1. The normalized spacial score (nSPS) is 10.6. The van der Waals surface area contributed by atoms with E-state index in [2.05, 4.69) is 0 Å². The van der Waals surface area contributed by atoms with Gasteiger partial charge in [-0.3, -0.25) is 4.55 Å². The predicted octanol–water partition coefficient (Wildman–Crippen LogP) is -3.71. The average molecular weight is 239 g/mol. The monoisotopic (exact) mass is 239 g/mol. The second kappa shape index (κ2) is 4.76. The molecule has 0 atom stereocenters. The standard InChI is InChI=1S/C7H7NO6S.Li/c8-4-1-3(7(10)11)5(9)2-6(4)15(12,13)14;/h1-2,9H,8H2,(H,10,11)(H,12,13,14);/q;+1/p-1. The van der Waals surface area contributed by atoms with Crippen LogP contribution >= 0.6 is 0 Å². The minimum atomic E-state index is -4.62. The topological polar surface area (TPSA) is 141 Å². The van der Waals surface area contributed by atoms with Crippen molar-refractivity contribution < 1.29 is 46.8 Å². The summed E-state index contributed by atoms with van der Waals surface area (Å²) in [6, 6.07) is 1.15. The van der Waals surface area contributed by atoms with E-state index >= 15 is 0 Å². The molecule has 16 heavy (non-hydrogen) atoms. The van der Waals surface area contributed by atoms with E-state index in [0.717, 1.165) is 0 Å². The first-order valence-electron chi connectivity index (χ1n) is 3.55. The molecule has 9 heteroatoms. The van der Waals surface area contributed by atoms with Crippen molar-refractivity contribution in [1.29, 1.82) is 0 Å². The van der Waals surface area contributed by atoms with Gasteiger partial charge in [0.05, 0.1) is 11.3 Å². The van der Waals surface area contributed by atoms with Gasteiger partial charge in [-0.2, -0.15) is 8.42 Å². The Hall–Kier alpha value is -1.20. The molecule has 0 heterocycles. The van der Waals surface area contributed by atoms with E-state index in [1.165, 1.54) is 0 Å². The molecule has 0 radical (unpaired) electrons. The van der Waals surface area contributed by atoms with Crippen LogP contribution in [-0.2, 0) is 10.1 Å². The third-order valence-corrected chi connectivity index (χ3v) is 2.53. The van der Waals surface area contributed by atoms with E-state index in [4.69, 9.17) is 15.4 Å². The van der Waals surface area contributed by atoms with Gasteiger partial charge >= 0.3 is 24.8 Å². The summed E-state index contributed by atoms with van der Waals surface area (Å²) in [5, 5.41) is 19.6. The summed E-state index contributed by atoms with van der Waals surface area (Å²) in [5.74, 6) is -2.56. The van der Waals surface area contributed by atoms with Gasteiger partial charge in [0.2, 0.25) is 0 Å². The first kappa shape index (κ1) is 14.8. The zero-order chi connectivity index (χ0) is 11.8. The van der Waals surface area contributed by atoms with Gasteiger partial charge in [-0.1, -0.05) is 5.75 Å². The average Bonchev–Trinajstić information content (AvgIpc) is 2.06. The van der Waals surface area contributed by atoms with Gasteiger partial charge in [0, 0.05) is 0 Å². The van der Waals surface area contributed by atoms with Crippen LogP contribution in [-0.4, -0.2) is 24.0 Å². The van der Waals surface area contributed by atoms with Crippen LogP contribution in [0.2, 0.25) is 0 Å². The number of carbonyl (C=O) groups is 1. The summed E-state index contributed by atoms with van der Waals surface area (Å²) in [4.78, 5) is 9.67.